The molecule has 0 spiro atoms. The molecule has 240 valence electrons. The molecule has 1 aromatic rings. The summed E-state index contributed by atoms with van der Waals surface area (Å²) in [6.07, 6.45) is 2.76. The molecule has 3 N–H and O–H groups in total. The minimum Gasteiger partial charge on any atom is -0.497 e. The van der Waals surface area contributed by atoms with Crippen molar-refractivity contribution in [2.75, 3.05) is 33.9 Å². The molecular weight excluding hydrogens is 580 g/mol. The topological polar surface area (TPSA) is 155 Å². The molecule has 3 aliphatic rings. The van der Waals surface area contributed by atoms with E-state index in [0.717, 1.165) is 9.21 Å². The molecule has 0 bridgehead atoms. The lowest BCUT2D eigenvalue weighted by atomic mass is 9.94. The quantitative estimate of drug-likeness (QED) is 0.279. The smallest absolute Gasteiger partial charge is 0.412 e. The molecule has 1 aliphatic carbocycles. The fraction of sp³-hybridized carbons (Fsp3) is 0.633. The zero-order valence-corrected chi connectivity index (χ0v) is 26.0. The van der Waals surface area contributed by atoms with Crippen LogP contribution in [0.4, 0.5) is 4.79 Å². The Morgan fingerprint density at radius 2 is 1.79 bits per heavy atom. The number of ether oxygens (including phenoxy) is 4. The molecule has 2 aliphatic heterocycles. The van der Waals surface area contributed by atoms with Gasteiger partial charge in [0.05, 0.1) is 49.6 Å². The van der Waals surface area contributed by atoms with Gasteiger partial charge >= 0.3 is 6.09 Å². The Bertz CT molecular complexity index is 1270. The van der Waals surface area contributed by atoms with Crippen molar-refractivity contribution in [3.8, 4) is 5.75 Å². The molecule has 2 atom stereocenters. The normalized spacial score (nSPS) is 23.3. The summed E-state index contributed by atoms with van der Waals surface area (Å²) in [7, 11) is -0.845. The van der Waals surface area contributed by atoms with Gasteiger partial charge in [-0.2, -0.15) is 4.31 Å². The largest absolute Gasteiger partial charge is 0.497 e. The molecule has 1 amide bonds. The predicted octanol–water partition coefficient (Wildman–Crippen LogP) is 3.06. The number of benzene rings is 1. The van der Waals surface area contributed by atoms with Crippen LogP contribution >= 0.6 is 0 Å². The SMILES string of the molecule is COc1ccc(C[C@H](N(C(=O)O)C2=C3CCO[C@H]3OC=C2)C(O)(O)CN(CC(C)C)S(=O)(=O)C2CCC(OC)CC2)cc1. The molecule has 43 heavy (non-hydrogen) atoms. The Morgan fingerprint density at radius 1 is 1.12 bits per heavy atom. The number of hydrogen-bond acceptors (Lipinski definition) is 9. The summed E-state index contributed by atoms with van der Waals surface area (Å²) < 4.78 is 50.8. The second-order valence-electron chi connectivity index (χ2n) is 11.8. The van der Waals surface area contributed by atoms with Gasteiger partial charge in [-0.15, -0.1) is 0 Å². The maximum Gasteiger partial charge on any atom is 0.412 e. The highest BCUT2D eigenvalue weighted by molar-refractivity contribution is 7.89. The molecule has 13 heteroatoms. The summed E-state index contributed by atoms with van der Waals surface area (Å²) in [6.45, 7) is 3.33. The Labute approximate surface area is 253 Å². The Hall–Kier alpha value is -2.68. The maximum absolute atomic E-state index is 14.0. The minimum atomic E-state index is -3.98. The van der Waals surface area contributed by atoms with Crippen LogP contribution in [0.25, 0.3) is 0 Å². The summed E-state index contributed by atoms with van der Waals surface area (Å²) in [5.41, 5.74) is 1.37. The van der Waals surface area contributed by atoms with Gasteiger partial charge in [-0.25, -0.2) is 13.2 Å². The second kappa shape index (κ2) is 14.0. The fourth-order valence-corrected chi connectivity index (χ4v) is 8.20. The van der Waals surface area contributed by atoms with Crippen molar-refractivity contribution in [3.05, 3.63) is 53.4 Å². The Kier molecular flexibility index (Phi) is 10.8. The van der Waals surface area contributed by atoms with Gasteiger partial charge in [0.1, 0.15) is 5.75 Å². The molecular formula is C30H44N2O10S. The Morgan fingerprint density at radius 3 is 2.37 bits per heavy atom. The van der Waals surface area contributed by atoms with Gasteiger partial charge < -0.3 is 34.3 Å². The molecule has 1 aromatic carbocycles. The first kappa shape index (κ1) is 33.2. The summed E-state index contributed by atoms with van der Waals surface area (Å²) in [4.78, 5) is 13.8. The number of methoxy groups -OCH3 is 2. The first-order chi connectivity index (χ1) is 20.4. The van der Waals surface area contributed by atoms with Crippen LogP contribution in [0.15, 0.2) is 47.9 Å². The van der Waals surface area contributed by atoms with Gasteiger partial charge in [0, 0.05) is 25.6 Å². The van der Waals surface area contributed by atoms with Crippen molar-refractivity contribution >= 4 is 16.1 Å². The van der Waals surface area contributed by atoms with Gasteiger partial charge in [-0.3, -0.25) is 4.90 Å². The van der Waals surface area contributed by atoms with Crippen LogP contribution in [0, 0.1) is 5.92 Å². The van der Waals surface area contributed by atoms with Crippen LogP contribution in [-0.2, 0) is 30.7 Å². The van der Waals surface area contributed by atoms with Crippen molar-refractivity contribution in [3.63, 3.8) is 0 Å². The van der Waals surface area contributed by atoms with E-state index in [4.69, 9.17) is 18.9 Å². The van der Waals surface area contributed by atoms with Crippen LogP contribution in [0.2, 0.25) is 0 Å². The fourth-order valence-electron chi connectivity index (χ4n) is 6.04. The highest BCUT2D eigenvalue weighted by Crippen LogP contribution is 2.35. The van der Waals surface area contributed by atoms with Gasteiger partial charge in [0.15, 0.2) is 5.79 Å². The maximum atomic E-state index is 14.0. The molecule has 1 saturated carbocycles. The summed E-state index contributed by atoms with van der Waals surface area (Å²) in [5, 5.41) is 33.5. The van der Waals surface area contributed by atoms with Crippen molar-refractivity contribution in [1.82, 2.24) is 9.21 Å². The van der Waals surface area contributed by atoms with E-state index in [1.165, 1.54) is 19.4 Å². The molecule has 1 saturated heterocycles. The third-order valence-electron chi connectivity index (χ3n) is 8.29. The zero-order valence-electron chi connectivity index (χ0n) is 25.2. The minimum absolute atomic E-state index is 0.0109. The summed E-state index contributed by atoms with van der Waals surface area (Å²) in [5.74, 6) is -2.34. The number of aliphatic hydroxyl groups is 2. The average molecular weight is 625 g/mol. The van der Waals surface area contributed by atoms with Crippen LogP contribution in [0.5, 0.6) is 5.75 Å². The summed E-state index contributed by atoms with van der Waals surface area (Å²) in [6, 6.07) is 5.29. The summed E-state index contributed by atoms with van der Waals surface area (Å²) >= 11 is 0. The monoisotopic (exact) mass is 624 g/mol. The van der Waals surface area contributed by atoms with E-state index in [1.807, 2.05) is 13.8 Å². The van der Waals surface area contributed by atoms with E-state index >= 15 is 0 Å². The standard InChI is InChI=1S/C30H44N2O10S/c1-20(2)18-31(43(37,38)24-11-9-23(40-4)10-12-24)19-30(35,36)27(17-21-5-7-22(39-3)8-6-21)32(29(33)34)26-14-16-42-28-25(26)13-15-41-28/h5-8,14,16,20,23-24,27-28,35-36H,9-13,15,17-19H2,1-4H3,(H,33,34)/t23?,24?,27-,28-/m0/s1. The molecule has 0 radical (unpaired) electrons. The molecule has 2 heterocycles. The first-order valence-electron chi connectivity index (χ1n) is 14.7. The van der Waals surface area contributed by atoms with Crippen LogP contribution in [-0.4, -0.2) is 102 Å². The van der Waals surface area contributed by atoms with Gasteiger partial charge in [-0.1, -0.05) is 26.0 Å². The lowest BCUT2D eigenvalue weighted by Gasteiger charge is -2.42. The number of fused-ring (bicyclic) bond motifs is 1. The number of hydrogen-bond donors (Lipinski definition) is 3. The number of allylic oxidation sites excluding steroid dienone is 1. The predicted molar refractivity (Wildman–Crippen MR) is 158 cm³/mol. The van der Waals surface area contributed by atoms with Gasteiger partial charge in [0.2, 0.25) is 16.3 Å². The van der Waals surface area contributed by atoms with E-state index in [-0.39, 0.29) is 30.7 Å². The number of amides is 1. The number of carboxylic acid groups (broad SMARTS) is 1. The van der Waals surface area contributed by atoms with E-state index in [0.29, 0.717) is 55.6 Å². The lowest BCUT2D eigenvalue weighted by molar-refractivity contribution is -0.203. The number of carbonyl (C=O) groups is 1. The van der Waals surface area contributed by atoms with Crippen molar-refractivity contribution in [2.45, 2.75) is 81.8 Å². The zero-order chi connectivity index (χ0) is 31.4. The average Bonchev–Trinajstić information content (AvgIpc) is 3.46. The molecule has 0 unspecified atom stereocenters. The third-order valence-corrected chi connectivity index (χ3v) is 10.6. The highest BCUT2D eigenvalue weighted by Gasteiger charge is 2.48. The Balaban J connectivity index is 1.73. The van der Waals surface area contributed by atoms with Crippen molar-refractivity contribution in [1.29, 1.82) is 0 Å². The van der Waals surface area contributed by atoms with E-state index < -0.39 is 46.0 Å². The lowest BCUT2D eigenvalue weighted by Crippen LogP contribution is -2.61. The first-order valence-corrected chi connectivity index (χ1v) is 16.2. The number of sulfonamides is 1. The van der Waals surface area contributed by atoms with Crippen LogP contribution in [0.3, 0.4) is 0 Å². The molecule has 12 nitrogen and oxygen atoms in total. The molecule has 4 rings (SSSR count). The number of nitrogens with zero attached hydrogens (tertiary/aromatic N) is 2. The molecule has 0 aromatic heterocycles. The van der Waals surface area contributed by atoms with Crippen molar-refractivity contribution in [2.24, 2.45) is 5.92 Å². The van der Waals surface area contributed by atoms with Gasteiger partial charge in [0.25, 0.3) is 0 Å². The number of rotatable bonds is 13. The van der Waals surface area contributed by atoms with Crippen molar-refractivity contribution < 1.29 is 47.5 Å². The van der Waals surface area contributed by atoms with Gasteiger partial charge in [-0.05, 0) is 61.8 Å². The third kappa shape index (κ3) is 7.70. The van der Waals surface area contributed by atoms with Crippen LogP contribution < -0.4 is 4.74 Å². The van der Waals surface area contributed by atoms with Crippen LogP contribution in [0.1, 0.15) is 51.5 Å². The molecule has 2 fully saturated rings. The van der Waals surface area contributed by atoms with E-state index in [9.17, 15) is 28.5 Å². The second-order valence-corrected chi connectivity index (χ2v) is 14.0. The van der Waals surface area contributed by atoms with E-state index in [2.05, 4.69) is 0 Å². The highest BCUT2D eigenvalue weighted by atomic mass is 32.2. The van der Waals surface area contributed by atoms with E-state index in [1.54, 1.807) is 31.4 Å².